The van der Waals surface area contributed by atoms with E-state index in [1.807, 2.05) is 13.8 Å². The van der Waals surface area contributed by atoms with Crippen molar-refractivity contribution >= 4 is 7.60 Å². The van der Waals surface area contributed by atoms with Crippen molar-refractivity contribution in [3.05, 3.63) is 0 Å². The summed E-state index contributed by atoms with van der Waals surface area (Å²) >= 11 is 0. The Morgan fingerprint density at radius 2 is 1.04 bits per heavy atom. The fourth-order valence-corrected chi connectivity index (χ4v) is 3.75. The topological polar surface area (TPSA) is 83.6 Å². The molecule has 0 aromatic carbocycles. The van der Waals surface area contributed by atoms with Crippen LogP contribution in [-0.4, -0.2) is 22.0 Å². The van der Waals surface area contributed by atoms with Crippen molar-refractivity contribution in [3.8, 4) is 0 Å². The second-order valence-electron chi connectivity index (χ2n) is 7.32. The van der Waals surface area contributed by atoms with Gasteiger partial charge in [0.1, 0.15) is 0 Å². The minimum atomic E-state index is -3.87. The lowest BCUT2D eigenvalue weighted by atomic mass is 10.0. The number of unbranched alkanes of at least 4 members (excludes halogenated alkanes) is 13. The summed E-state index contributed by atoms with van der Waals surface area (Å²) in [5.74, 6) is 0. The SMILES string of the molecule is CC.CCCCCCCCCCCCCCCCC(N)CCP(=O)(O)O. The second-order valence-corrected chi connectivity index (χ2v) is 9.10. The average molecular weight is 394 g/mol. The lowest BCUT2D eigenvalue weighted by molar-refractivity contribution is 0.368. The van der Waals surface area contributed by atoms with Gasteiger partial charge in [0.05, 0.1) is 6.16 Å². The molecule has 0 aliphatic heterocycles. The van der Waals surface area contributed by atoms with Gasteiger partial charge in [-0.05, 0) is 12.8 Å². The third kappa shape index (κ3) is 26.3. The van der Waals surface area contributed by atoms with Crippen molar-refractivity contribution in [1.29, 1.82) is 0 Å². The molecule has 0 aromatic rings. The monoisotopic (exact) mass is 393 g/mol. The van der Waals surface area contributed by atoms with Crippen molar-refractivity contribution in [2.75, 3.05) is 6.16 Å². The largest absolute Gasteiger partial charge is 0.328 e. The van der Waals surface area contributed by atoms with Crippen LogP contribution in [0.3, 0.4) is 0 Å². The molecule has 0 aliphatic carbocycles. The van der Waals surface area contributed by atoms with Gasteiger partial charge in [-0.2, -0.15) is 0 Å². The molecule has 0 spiro atoms. The Kier molecular flexibility index (Phi) is 23.3. The third-order valence-corrected chi connectivity index (χ3v) is 5.56. The van der Waals surface area contributed by atoms with Crippen molar-refractivity contribution in [2.24, 2.45) is 5.73 Å². The lowest BCUT2D eigenvalue weighted by Crippen LogP contribution is -2.21. The lowest BCUT2D eigenvalue weighted by Gasteiger charge is -2.11. The summed E-state index contributed by atoms with van der Waals surface area (Å²) in [6.45, 7) is 6.26. The molecule has 0 amide bonds. The van der Waals surface area contributed by atoms with Crippen molar-refractivity contribution in [3.63, 3.8) is 0 Å². The summed E-state index contributed by atoms with van der Waals surface area (Å²) in [7, 11) is -3.87. The molecule has 0 heterocycles. The first kappa shape index (κ1) is 28.3. The fourth-order valence-electron chi connectivity index (χ4n) is 3.08. The first-order valence-corrected chi connectivity index (χ1v) is 13.1. The molecule has 0 radical (unpaired) electrons. The van der Waals surface area contributed by atoms with Crippen LogP contribution in [0.4, 0.5) is 0 Å². The smallest absolute Gasteiger partial charge is 0.325 e. The minimum Gasteiger partial charge on any atom is -0.328 e. The zero-order valence-electron chi connectivity index (χ0n) is 17.9. The predicted octanol–water partition coefficient (Wildman–Crippen LogP) is 6.78. The summed E-state index contributed by atoms with van der Waals surface area (Å²) < 4.78 is 10.8. The number of hydrogen-bond acceptors (Lipinski definition) is 2. The molecule has 0 aromatic heterocycles. The van der Waals surface area contributed by atoms with Crippen LogP contribution in [0.5, 0.6) is 0 Å². The molecule has 0 fully saturated rings. The first-order chi connectivity index (χ1) is 12.5. The van der Waals surface area contributed by atoms with Crippen LogP contribution in [0, 0.1) is 0 Å². The van der Waals surface area contributed by atoms with E-state index in [-0.39, 0.29) is 12.2 Å². The third-order valence-electron chi connectivity index (χ3n) is 4.72. The van der Waals surface area contributed by atoms with Gasteiger partial charge in [-0.3, -0.25) is 4.57 Å². The molecule has 160 valence electrons. The molecule has 1 unspecified atom stereocenters. The summed E-state index contributed by atoms with van der Waals surface area (Å²) in [4.78, 5) is 17.6. The van der Waals surface area contributed by atoms with Crippen LogP contribution in [0.1, 0.15) is 124 Å². The molecule has 1 atom stereocenters. The Morgan fingerprint density at radius 1 is 0.692 bits per heavy atom. The molecule has 0 saturated heterocycles. The van der Waals surface area contributed by atoms with Crippen LogP contribution < -0.4 is 5.73 Å². The van der Waals surface area contributed by atoms with E-state index in [4.69, 9.17) is 15.5 Å². The Labute approximate surface area is 163 Å². The maximum absolute atomic E-state index is 10.8. The van der Waals surface area contributed by atoms with Crippen molar-refractivity contribution < 1.29 is 14.4 Å². The van der Waals surface area contributed by atoms with Crippen LogP contribution >= 0.6 is 7.60 Å². The van der Waals surface area contributed by atoms with E-state index in [1.54, 1.807) is 0 Å². The highest BCUT2D eigenvalue weighted by molar-refractivity contribution is 7.51. The predicted molar refractivity (Wildman–Crippen MR) is 116 cm³/mol. The number of hydrogen-bond donors (Lipinski definition) is 3. The van der Waals surface area contributed by atoms with Crippen molar-refractivity contribution in [2.45, 2.75) is 130 Å². The maximum Gasteiger partial charge on any atom is 0.325 e. The molecular weight excluding hydrogens is 345 g/mol. The standard InChI is InChI=1S/C19H42NO3P.C2H6/c1-2-3-4-5-6-7-8-9-10-11-12-13-14-15-16-19(20)17-18-24(21,22)23;1-2/h19H,2-18,20H2,1H3,(H2,21,22,23);1-2H3. The minimum absolute atomic E-state index is 0.0602. The van der Waals surface area contributed by atoms with E-state index >= 15 is 0 Å². The molecule has 0 saturated carbocycles. The van der Waals surface area contributed by atoms with Gasteiger partial charge in [-0.25, -0.2) is 0 Å². The Morgan fingerprint density at radius 3 is 1.38 bits per heavy atom. The molecule has 4 nitrogen and oxygen atoms in total. The summed E-state index contributed by atoms with van der Waals surface area (Å²) in [5, 5.41) is 0. The van der Waals surface area contributed by atoms with Crippen LogP contribution in [0.2, 0.25) is 0 Å². The van der Waals surface area contributed by atoms with Gasteiger partial charge in [0.2, 0.25) is 0 Å². The molecule has 0 aliphatic rings. The van der Waals surface area contributed by atoms with E-state index in [0.29, 0.717) is 6.42 Å². The fraction of sp³-hybridized carbons (Fsp3) is 1.00. The van der Waals surface area contributed by atoms with E-state index in [2.05, 4.69) is 6.92 Å². The average Bonchev–Trinajstić information content (AvgIpc) is 2.61. The van der Waals surface area contributed by atoms with Gasteiger partial charge in [-0.1, -0.05) is 111 Å². The maximum atomic E-state index is 10.8. The zero-order valence-corrected chi connectivity index (χ0v) is 18.8. The normalized spacial score (nSPS) is 12.5. The van der Waals surface area contributed by atoms with Gasteiger partial charge in [-0.15, -0.1) is 0 Å². The van der Waals surface area contributed by atoms with Gasteiger partial charge in [0, 0.05) is 6.04 Å². The van der Waals surface area contributed by atoms with E-state index in [0.717, 1.165) is 12.8 Å². The van der Waals surface area contributed by atoms with Gasteiger partial charge in [0.15, 0.2) is 0 Å². The van der Waals surface area contributed by atoms with Crippen molar-refractivity contribution in [1.82, 2.24) is 0 Å². The highest BCUT2D eigenvalue weighted by atomic mass is 31.2. The Hall–Kier alpha value is 0.110. The quantitative estimate of drug-likeness (QED) is 0.177. The van der Waals surface area contributed by atoms with Gasteiger partial charge in [0.25, 0.3) is 0 Å². The summed E-state index contributed by atoms with van der Waals surface area (Å²) in [6, 6.07) is -0.0602. The molecular formula is C21H48NO3P. The van der Waals surface area contributed by atoms with E-state index in [9.17, 15) is 4.57 Å². The summed E-state index contributed by atoms with van der Waals surface area (Å²) in [6.07, 6.45) is 20.0. The van der Waals surface area contributed by atoms with E-state index in [1.165, 1.54) is 83.5 Å². The molecule has 5 heteroatoms. The van der Waals surface area contributed by atoms with Crippen LogP contribution in [0.25, 0.3) is 0 Å². The second kappa shape index (κ2) is 21.4. The van der Waals surface area contributed by atoms with Crippen LogP contribution in [-0.2, 0) is 4.57 Å². The first-order valence-electron chi connectivity index (χ1n) is 11.3. The molecule has 26 heavy (non-hydrogen) atoms. The summed E-state index contributed by atoms with van der Waals surface area (Å²) in [5.41, 5.74) is 5.88. The van der Waals surface area contributed by atoms with Crippen LogP contribution in [0.15, 0.2) is 0 Å². The van der Waals surface area contributed by atoms with E-state index < -0.39 is 7.60 Å². The molecule has 0 rings (SSSR count). The number of rotatable bonds is 18. The van der Waals surface area contributed by atoms with Gasteiger partial charge < -0.3 is 15.5 Å². The molecule has 0 bridgehead atoms. The highest BCUT2D eigenvalue weighted by Gasteiger charge is 2.14. The number of nitrogens with two attached hydrogens (primary N) is 1. The zero-order chi connectivity index (χ0) is 20.1. The Bertz CT molecular complexity index is 308. The molecule has 4 N–H and O–H groups in total. The Balaban J connectivity index is 0. The van der Waals surface area contributed by atoms with Gasteiger partial charge >= 0.3 is 7.60 Å². The highest BCUT2D eigenvalue weighted by Crippen LogP contribution is 2.35.